The highest BCUT2D eigenvalue weighted by Crippen LogP contribution is 2.23. The number of aryl methyl sites for hydroxylation is 1. The number of fused-ring (bicyclic) bond motifs is 1. The molecule has 0 radical (unpaired) electrons. The Morgan fingerprint density at radius 1 is 1.17 bits per heavy atom. The van der Waals surface area contributed by atoms with E-state index in [-0.39, 0.29) is 0 Å². The van der Waals surface area contributed by atoms with Gasteiger partial charge >= 0.3 is 0 Å². The molecule has 0 N–H and O–H groups in total. The fourth-order valence-corrected chi connectivity index (χ4v) is 3.46. The van der Waals surface area contributed by atoms with E-state index in [4.69, 9.17) is 0 Å². The van der Waals surface area contributed by atoms with Gasteiger partial charge in [0, 0.05) is 24.3 Å². The zero-order valence-corrected chi connectivity index (χ0v) is 13.7. The van der Waals surface area contributed by atoms with Crippen LogP contribution >= 0.6 is 0 Å². The summed E-state index contributed by atoms with van der Waals surface area (Å²) in [5.74, 6) is 0.913. The first-order chi connectivity index (χ1) is 11.2. The van der Waals surface area contributed by atoms with E-state index in [1.54, 1.807) is 0 Å². The Kier molecular flexibility index (Phi) is 3.62. The van der Waals surface area contributed by atoms with Crippen molar-refractivity contribution in [3.05, 3.63) is 53.7 Å². The fraction of sp³-hybridized carbons (Fsp3) is 0.368. The fourth-order valence-electron chi connectivity index (χ4n) is 3.46. The number of likely N-dealkylation sites (tertiary alicyclic amines) is 1. The highest BCUT2D eigenvalue weighted by Gasteiger charge is 2.20. The maximum absolute atomic E-state index is 4.39. The van der Waals surface area contributed by atoms with Crippen LogP contribution < -0.4 is 0 Å². The monoisotopic (exact) mass is 306 g/mol. The van der Waals surface area contributed by atoms with Gasteiger partial charge in [0.05, 0.1) is 0 Å². The molecule has 1 atom stereocenters. The summed E-state index contributed by atoms with van der Waals surface area (Å²) in [4.78, 5) is 2.56. The van der Waals surface area contributed by atoms with Crippen LogP contribution in [0.15, 0.2) is 42.6 Å². The van der Waals surface area contributed by atoms with Crippen molar-refractivity contribution in [1.82, 2.24) is 19.5 Å². The summed E-state index contributed by atoms with van der Waals surface area (Å²) in [6.07, 6.45) is 4.68. The van der Waals surface area contributed by atoms with Crippen molar-refractivity contribution in [3.63, 3.8) is 0 Å². The molecular formula is C19H22N4. The molecule has 118 valence electrons. The minimum absolute atomic E-state index is 0.690. The molecule has 1 aromatic carbocycles. The molecule has 23 heavy (non-hydrogen) atoms. The van der Waals surface area contributed by atoms with Crippen molar-refractivity contribution in [3.8, 4) is 11.4 Å². The Labute approximate surface area is 136 Å². The summed E-state index contributed by atoms with van der Waals surface area (Å²) < 4.78 is 2.06. The van der Waals surface area contributed by atoms with E-state index in [0.717, 1.165) is 23.6 Å². The van der Waals surface area contributed by atoms with E-state index in [9.17, 15) is 0 Å². The Morgan fingerprint density at radius 2 is 2.09 bits per heavy atom. The lowest BCUT2D eigenvalue weighted by molar-refractivity contribution is 0.260. The van der Waals surface area contributed by atoms with Gasteiger partial charge in [0.2, 0.25) is 0 Å². The van der Waals surface area contributed by atoms with Gasteiger partial charge in [-0.2, -0.15) is 0 Å². The van der Waals surface area contributed by atoms with Gasteiger partial charge in [0.1, 0.15) is 0 Å². The van der Waals surface area contributed by atoms with Gasteiger partial charge in [0.15, 0.2) is 11.5 Å². The third-order valence-corrected chi connectivity index (χ3v) is 4.83. The van der Waals surface area contributed by atoms with Crippen LogP contribution in [0.25, 0.3) is 17.0 Å². The summed E-state index contributed by atoms with van der Waals surface area (Å²) in [5.41, 5.74) is 4.58. The Hall–Kier alpha value is -2.20. The first-order valence-electron chi connectivity index (χ1n) is 8.35. The minimum atomic E-state index is 0.690. The zero-order chi connectivity index (χ0) is 15.8. The molecule has 4 rings (SSSR count). The molecule has 0 amide bonds. The highest BCUT2D eigenvalue weighted by molar-refractivity contribution is 5.60. The second-order valence-electron chi connectivity index (χ2n) is 6.62. The number of benzene rings is 1. The van der Waals surface area contributed by atoms with Crippen LogP contribution in [-0.4, -0.2) is 32.1 Å². The summed E-state index contributed by atoms with van der Waals surface area (Å²) in [5, 5.41) is 8.70. The molecule has 1 aliphatic rings. The Morgan fingerprint density at radius 3 is 2.91 bits per heavy atom. The maximum Gasteiger partial charge on any atom is 0.168 e. The van der Waals surface area contributed by atoms with Crippen molar-refractivity contribution in [2.45, 2.75) is 39.3 Å². The predicted octanol–water partition coefficient (Wildman–Crippen LogP) is 3.69. The van der Waals surface area contributed by atoms with Gasteiger partial charge < -0.3 is 0 Å². The third-order valence-electron chi connectivity index (χ3n) is 4.83. The lowest BCUT2D eigenvalue weighted by Gasteiger charge is -2.21. The molecule has 1 saturated heterocycles. The molecule has 4 nitrogen and oxygen atoms in total. The second kappa shape index (κ2) is 5.78. The molecule has 2 aromatic heterocycles. The molecule has 0 aliphatic carbocycles. The molecule has 0 saturated carbocycles. The number of aromatic nitrogens is 3. The largest absolute Gasteiger partial charge is 0.296 e. The predicted molar refractivity (Wildman–Crippen MR) is 92.3 cm³/mol. The molecule has 3 aromatic rings. The summed E-state index contributed by atoms with van der Waals surface area (Å²) in [7, 11) is 0. The van der Waals surface area contributed by atoms with Crippen LogP contribution in [0.2, 0.25) is 0 Å². The number of pyridine rings is 1. The first-order valence-corrected chi connectivity index (χ1v) is 8.35. The van der Waals surface area contributed by atoms with Gasteiger partial charge in [-0.3, -0.25) is 9.30 Å². The molecule has 3 heterocycles. The summed E-state index contributed by atoms with van der Waals surface area (Å²) in [6.45, 7) is 6.63. The molecule has 1 unspecified atom stereocenters. The molecule has 1 aliphatic heterocycles. The van der Waals surface area contributed by atoms with Gasteiger partial charge in [-0.25, -0.2) is 0 Å². The van der Waals surface area contributed by atoms with Crippen molar-refractivity contribution in [2.24, 2.45) is 0 Å². The van der Waals surface area contributed by atoms with Crippen molar-refractivity contribution in [1.29, 1.82) is 0 Å². The van der Waals surface area contributed by atoms with Gasteiger partial charge in [-0.15, -0.1) is 10.2 Å². The van der Waals surface area contributed by atoms with Crippen molar-refractivity contribution in [2.75, 3.05) is 6.54 Å². The zero-order valence-electron chi connectivity index (χ0n) is 13.7. The Bertz CT molecular complexity index is 836. The van der Waals surface area contributed by atoms with E-state index in [2.05, 4.69) is 75.9 Å². The maximum atomic E-state index is 4.39. The standard InChI is InChI=1S/C19H22N4/c1-14-8-10-23-18(11-14)20-21-19(23)17-7-3-6-16(12-17)13-22-9-4-5-15(22)2/h3,6-8,10-12,15H,4-5,9,13H2,1-2H3. The highest BCUT2D eigenvalue weighted by atomic mass is 15.2. The van der Waals surface area contributed by atoms with E-state index in [0.29, 0.717) is 6.04 Å². The van der Waals surface area contributed by atoms with Gasteiger partial charge in [0.25, 0.3) is 0 Å². The lowest BCUT2D eigenvalue weighted by Crippen LogP contribution is -2.26. The SMILES string of the molecule is Cc1ccn2c(-c3cccc(CN4CCCC4C)c3)nnc2c1. The van der Waals surface area contributed by atoms with E-state index < -0.39 is 0 Å². The quantitative estimate of drug-likeness (QED) is 0.740. The number of hydrogen-bond acceptors (Lipinski definition) is 3. The normalized spacial score (nSPS) is 18.8. The van der Waals surface area contributed by atoms with Gasteiger partial charge in [-0.05, 0) is 62.6 Å². The van der Waals surface area contributed by atoms with Crippen LogP contribution in [0.3, 0.4) is 0 Å². The summed E-state index contributed by atoms with van der Waals surface area (Å²) >= 11 is 0. The van der Waals surface area contributed by atoms with Crippen LogP contribution in [-0.2, 0) is 6.54 Å². The smallest absolute Gasteiger partial charge is 0.168 e. The number of nitrogens with zero attached hydrogens (tertiary/aromatic N) is 4. The van der Waals surface area contributed by atoms with E-state index >= 15 is 0 Å². The first kappa shape index (κ1) is 14.4. The minimum Gasteiger partial charge on any atom is -0.296 e. The molecule has 4 heteroatoms. The van der Waals surface area contributed by atoms with Crippen molar-refractivity contribution >= 4 is 5.65 Å². The van der Waals surface area contributed by atoms with Crippen LogP contribution in [0.4, 0.5) is 0 Å². The molecule has 0 bridgehead atoms. The van der Waals surface area contributed by atoms with Gasteiger partial charge in [-0.1, -0.05) is 18.2 Å². The second-order valence-corrected chi connectivity index (χ2v) is 6.62. The van der Waals surface area contributed by atoms with E-state index in [1.807, 2.05) is 0 Å². The third kappa shape index (κ3) is 2.75. The van der Waals surface area contributed by atoms with Crippen LogP contribution in [0, 0.1) is 6.92 Å². The van der Waals surface area contributed by atoms with E-state index in [1.165, 1.54) is 30.5 Å². The van der Waals surface area contributed by atoms with Crippen molar-refractivity contribution < 1.29 is 0 Å². The average molecular weight is 306 g/mol. The lowest BCUT2D eigenvalue weighted by atomic mass is 10.1. The molecule has 0 spiro atoms. The average Bonchev–Trinajstić information content (AvgIpc) is 3.14. The van der Waals surface area contributed by atoms with Crippen LogP contribution in [0.5, 0.6) is 0 Å². The summed E-state index contributed by atoms with van der Waals surface area (Å²) in [6, 6.07) is 13.6. The molecular weight excluding hydrogens is 284 g/mol. The Balaban J connectivity index is 1.67. The number of hydrogen-bond donors (Lipinski definition) is 0. The van der Waals surface area contributed by atoms with Crippen LogP contribution in [0.1, 0.15) is 30.9 Å². The number of rotatable bonds is 3. The topological polar surface area (TPSA) is 33.4 Å². The molecule has 1 fully saturated rings.